The second kappa shape index (κ2) is 5.34. The maximum absolute atomic E-state index is 11.8. The smallest absolute Gasteiger partial charge is 0.410 e. The van der Waals surface area contributed by atoms with E-state index in [0.29, 0.717) is 0 Å². The van der Waals surface area contributed by atoms with Crippen molar-refractivity contribution >= 4 is 17.8 Å². The molecule has 1 fully saturated rings. The van der Waals surface area contributed by atoms with E-state index >= 15 is 0 Å². The second-order valence-electron chi connectivity index (χ2n) is 5.11. The fourth-order valence-electron chi connectivity index (χ4n) is 1.50. The van der Waals surface area contributed by atoms with Crippen LogP contribution in [-0.4, -0.2) is 59.1 Å². The van der Waals surface area contributed by atoms with Gasteiger partial charge in [0.15, 0.2) is 5.78 Å². The molecule has 0 aliphatic carbocycles. The first-order valence-electron chi connectivity index (χ1n) is 5.64. The first kappa shape index (κ1) is 14.4. The number of piperazine rings is 1. The first-order valence-corrected chi connectivity index (χ1v) is 5.64. The van der Waals surface area contributed by atoms with E-state index in [0.717, 1.165) is 4.90 Å². The molecule has 1 saturated heterocycles. The highest BCUT2D eigenvalue weighted by Crippen LogP contribution is 2.11. The number of nitrogens with one attached hydrogen (secondary N) is 1. The van der Waals surface area contributed by atoms with Gasteiger partial charge in [-0.25, -0.2) is 4.79 Å². The molecule has 2 amide bonds. The summed E-state index contributed by atoms with van der Waals surface area (Å²) in [6.45, 7) is 4.33. The third-order valence-electron chi connectivity index (χ3n) is 2.27. The molecule has 0 spiro atoms. The number of nitrogens with zero attached hydrogens (tertiary/aromatic N) is 1. The first-order chi connectivity index (χ1) is 8.23. The van der Waals surface area contributed by atoms with E-state index in [1.165, 1.54) is 0 Å². The highest BCUT2D eigenvalue weighted by atomic mass is 16.6. The van der Waals surface area contributed by atoms with Crippen LogP contribution in [0.15, 0.2) is 0 Å². The Bertz CT molecular complexity index is 361. The number of carbonyl (C=O) groups excluding carboxylic acids is 3. The molecular weight excluding hydrogens is 240 g/mol. The van der Waals surface area contributed by atoms with Crippen molar-refractivity contribution < 1.29 is 24.2 Å². The average Bonchev–Trinajstić information content (AvgIpc) is 2.24. The number of Topliss-reactive ketones (excluding diaryl/α,β-unsaturated/α-hetero) is 1. The Hall–Kier alpha value is -1.63. The quantitative estimate of drug-likeness (QED) is 0.681. The van der Waals surface area contributed by atoms with Gasteiger partial charge >= 0.3 is 6.09 Å². The number of ketones is 1. The minimum atomic E-state index is -0.872. The third-order valence-corrected chi connectivity index (χ3v) is 2.27. The SMILES string of the molecule is CC(C)(C)OC(=O)N1CC(=O)N[C@@H](C(=O)CO)C1. The predicted octanol–water partition coefficient (Wildman–Crippen LogP) is -0.717. The number of carbonyl (C=O) groups is 3. The Morgan fingerprint density at radius 1 is 1.50 bits per heavy atom. The van der Waals surface area contributed by atoms with Gasteiger partial charge < -0.3 is 15.2 Å². The van der Waals surface area contributed by atoms with Crippen LogP contribution in [0.3, 0.4) is 0 Å². The maximum atomic E-state index is 11.8. The van der Waals surface area contributed by atoms with E-state index < -0.39 is 36.0 Å². The summed E-state index contributed by atoms with van der Waals surface area (Å²) in [7, 11) is 0. The minimum Gasteiger partial charge on any atom is -0.444 e. The molecule has 18 heavy (non-hydrogen) atoms. The van der Waals surface area contributed by atoms with E-state index in [1.54, 1.807) is 20.8 Å². The molecule has 0 bridgehead atoms. The molecule has 0 aromatic carbocycles. The van der Waals surface area contributed by atoms with E-state index in [9.17, 15) is 14.4 Å². The van der Waals surface area contributed by atoms with Gasteiger partial charge in [-0.3, -0.25) is 14.5 Å². The molecule has 0 saturated carbocycles. The number of aliphatic hydroxyl groups excluding tert-OH is 1. The van der Waals surface area contributed by atoms with Crippen molar-refractivity contribution in [3.05, 3.63) is 0 Å². The van der Waals surface area contributed by atoms with Crippen molar-refractivity contribution in [1.82, 2.24) is 10.2 Å². The van der Waals surface area contributed by atoms with Crippen LogP contribution in [0.25, 0.3) is 0 Å². The van der Waals surface area contributed by atoms with Gasteiger partial charge in [-0.1, -0.05) is 0 Å². The Balaban J connectivity index is 2.69. The number of hydrogen-bond donors (Lipinski definition) is 2. The number of hydrogen-bond acceptors (Lipinski definition) is 5. The van der Waals surface area contributed by atoms with Crippen molar-refractivity contribution in [3.63, 3.8) is 0 Å². The van der Waals surface area contributed by atoms with E-state index in [2.05, 4.69) is 5.32 Å². The molecule has 2 N–H and O–H groups in total. The van der Waals surface area contributed by atoms with Gasteiger partial charge in [0, 0.05) is 0 Å². The largest absolute Gasteiger partial charge is 0.444 e. The number of aliphatic hydroxyl groups is 1. The fraction of sp³-hybridized carbons (Fsp3) is 0.727. The molecule has 0 aromatic rings. The van der Waals surface area contributed by atoms with Crippen LogP contribution in [-0.2, 0) is 14.3 Å². The van der Waals surface area contributed by atoms with E-state index in [-0.39, 0.29) is 13.1 Å². The minimum absolute atomic E-state index is 0.0139. The van der Waals surface area contributed by atoms with Gasteiger partial charge in [-0.15, -0.1) is 0 Å². The van der Waals surface area contributed by atoms with Gasteiger partial charge in [-0.05, 0) is 20.8 Å². The number of ether oxygens (including phenoxy) is 1. The van der Waals surface area contributed by atoms with Crippen LogP contribution in [0.1, 0.15) is 20.8 Å². The van der Waals surface area contributed by atoms with E-state index in [1.807, 2.05) is 0 Å². The Labute approximate surface area is 105 Å². The van der Waals surface area contributed by atoms with Gasteiger partial charge in [0.2, 0.25) is 5.91 Å². The maximum Gasteiger partial charge on any atom is 0.410 e. The topological polar surface area (TPSA) is 95.9 Å². The monoisotopic (exact) mass is 258 g/mol. The lowest BCUT2D eigenvalue weighted by molar-refractivity contribution is -0.133. The van der Waals surface area contributed by atoms with Gasteiger partial charge in [0.1, 0.15) is 24.8 Å². The number of rotatable bonds is 2. The lowest BCUT2D eigenvalue weighted by atomic mass is 10.1. The zero-order chi connectivity index (χ0) is 13.9. The third kappa shape index (κ3) is 3.99. The van der Waals surface area contributed by atoms with Gasteiger partial charge in [0.25, 0.3) is 0 Å². The molecule has 0 unspecified atom stereocenters. The van der Waals surface area contributed by atoms with Crippen LogP contribution in [0.2, 0.25) is 0 Å². The molecule has 1 aliphatic heterocycles. The molecule has 0 aromatic heterocycles. The highest BCUT2D eigenvalue weighted by Gasteiger charge is 2.33. The van der Waals surface area contributed by atoms with Crippen LogP contribution >= 0.6 is 0 Å². The van der Waals surface area contributed by atoms with Crippen molar-refractivity contribution in [2.24, 2.45) is 0 Å². The van der Waals surface area contributed by atoms with Crippen LogP contribution in [0, 0.1) is 0 Å². The van der Waals surface area contributed by atoms with E-state index in [4.69, 9.17) is 9.84 Å². The summed E-state index contributed by atoms with van der Waals surface area (Å²) in [5.74, 6) is -0.976. The summed E-state index contributed by atoms with van der Waals surface area (Å²) in [5.41, 5.74) is -0.665. The van der Waals surface area contributed by atoms with Crippen molar-refractivity contribution in [3.8, 4) is 0 Å². The molecule has 1 aliphatic rings. The summed E-state index contributed by atoms with van der Waals surface area (Å²) < 4.78 is 5.12. The molecular formula is C11H18N2O5. The highest BCUT2D eigenvalue weighted by molar-refractivity contribution is 5.93. The summed E-state index contributed by atoms with van der Waals surface area (Å²) in [6, 6.07) is -0.872. The summed E-state index contributed by atoms with van der Waals surface area (Å²) in [6.07, 6.45) is -0.645. The normalized spacial score (nSPS) is 20.3. The molecule has 7 heteroatoms. The lowest BCUT2D eigenvalue weighted by Crippen LogP contribution is -2.59. The fourth-order valence-corrected chi connectivity index (χ4v) is 1.50. The molecule has 102 valence electrons. The molecule has 1 heterocycles. The zero-order valence-corrected chi connectivity index (χ0v) is 10.7. The number of amides is 2. The zero-order valence-electron chi connectivity index (χ0n) is 10.7. The Morgan fingerprint density at radius 2 is 2.11 bits per heavy atom. The van der Waals surface area contributed by atoms with Crippen LogP contribution < -0.4 is 5.32 Å². The predicted molar refractivity (Wildman–Crippen MR) is 61.8 cm³/mol. The summed E-state index contributed by atoms with van der Waals surface area (Å²) >= 11 is 0. The van der Waals surface area contributed by atoms with Gasteiger partial charge in [-0.2, -0.15) is 0 Å². The van der Waals surface area contributed by atoms with Crippen molar-refractivity contribution in [2.75, 3.05) is 19.7 Å². The van der Waals surface area contributed by atoms with Crippen molar-refractivity contribution in [2.45, 2.75) is 32.4 Å². The molecule has 7 nitrogen and oxygen atoms in total. The average molecular weight is 258 g/mol. The lowest BCUT2D eigenvalue weighted by Gasteiger charge is -2.33. The molecule has 0 radical (unpaired) electrons. The standard InChI is InChI=1S/C11H18N2O5/c1-11(2,3)18-10(17)13-4-7(8(15)6-14)12-9(16)5-13/h7,14H,4-6H2,1-3H3,(H,12,16)/t7-/m1/s1. The summed E-state index contributed by atoms with van der Waals surface area (Å²) in [4.78, 5) is 35.6. The van der Waals surface area contributed by atoms with Gasteiger partial charge in [0.05, 0.1) is 6.54 Å². The Kier molecular flexibility index (Phi) is 4.28. The van der Waals surface area contributed by atoms with Crippen molar-refractivity contribution in [1.29, 1.82) is 0 Å². The molecule has 1 atom stereocenters. The van der Waals surface area contributed by atoms with Crippen LogP contribution in [0.4, 0.5) is 4.79 Å². The molecule has 1 rings (SSSR count). The summed E-state index contributed by atoms with van der Waals surface area (Å²) in [5, 5.41) is 11.2. The van der Waals surface area contributed by atoms with Crippen LogP contribution in [0.5, 0.6) is 0 Å². The second-order valence-corrected chi connectivity index (χ2v) is 5.11. The Morgan fingerprint density at radius 3 is 2.61 bits per heavy atom.